The van der Waals surface area contributed by atoms with E-state index in [-0.39, 0.29) is 5.91 Å². The third-order valence-corrected chi connectivity index (χ3v) is 6.98. The largest absolute Gasteiger partial charge is 0.342 e. The first-order valence-corrected chi connectivity index (χ1v) is 11.9. The fraction of sp³-hybridized carbons (Fsp3) is 0.375. The number of imidazole rings is 1. The number of carbonyl (C=O) groups is 1. The monoisotopic (exact) mass is 433 g/mol. The van der Waals surface area contributed by atoms with E-state index >= 15 is 0 Å². The number of aromatic nitrogens is 4. The molecule has 1 saturated heterocycles. The van der Waals surface area contributed by atoms with Gasteiger partial charge in [-0.25, -0.2) is 0 Å². The van der Waals surface area contributed by atoms with Crippen molar-refractivity contribution in [2.75, 3.05) is 18.8 Å². The van der Waals surface area contributed by atoms with Gasteiger partial charge in [0.15, 0.2) is 5.16 Å². The quantitative estimate of drug-likeness (QED) is 0.438. The predicted octanol–water partition coefficient (Wildman–Crippen LogP) is 4.39. The first-order chi connectivity index (χ1) is 15.1. The summed E-state index contributed by atoms with van der Waals surface area (Å²) in [6, 6.07) is 16.9. The molecule has 1 atom stereocenters. The van der Waals surface area contributed by atoms with Crippen LogP contribution in [0.25, 0.3) is 16.8 Å². The Labute approximate surface area is 186 Å². The smallest absolute Gasteiger partial charge is 0.237 e. The van der Waals surface area contributed by atoms with E-state index in [1.165, 1.54) is 29.3 Å². The summed E-state index contributed by atoms with van der Waals surface area (Å²) in [5.74, 6) is 1.98. The molecule has 1 fully saturated rings. The zero-order valence-corrected chi connectivity index (χ0v) is 18.8. The third-order valence-electron chi connectivity index (χ3n) is 6.07. The summed E-state index contributed by atoms with van der Waals surface area (Å²) >= 11 is 1.48. The first-order valence-electron chi connectivity index (χ1n) is 10.9. The van der Waals surface area contributed by atoms with E-state index in [0.717, 1.165) is 48.0 Å². The van der Waals surface area contributed by atoms with Gasteiger partial charge < -0.3 is 9.47 Å². The van der Waals surface area contributed by atoms with Crippen LogP contribution in [0.2, 0.25) is 0 Å². The van der Waals surface area contributed by atoms with Crippen LogP contribution < -0.4 is 0 Å². The van der Waals surface area contributed by atoms with Crippen LogP contribution in [0.5, 0.6) is 0 Å². The fourth-order valence-electron chi connectivity index (χ4n) is 4.40. The number of hydrogen-bond donors (Lipinski definition) is 0. The summed E-state index contributed by atoms with van der Waals surface area (Å²) in [6.07, 6.45) is 2.31. The Bertz CT molecular complexity index is 1230. The van der Waals surface area contributed by atoms with Crippen LogP contribution in [0.4, 0.5) is 0 Å². The van der Waals surface area contributed by atoms with Crippen molar-refractivity contribution in [3.05, 3.63) is 59.7 Å². The Morgan fingerprint density at radius 2 is 1.87 bits per heavy atom. The molecule has 2 aromatic heterocycles. The molecule has 1 aliphatic heterocycles. The van der Waals surface area contributed by atoms with Crippen LogP contribution in [-0.4, -0.2) is 48.8 Å². The zero-order chi connectivity index (χ0) is 21.4. The molecule has 31 heavy (non-hydrogen) atoms. The molecule has 0 N–H and O–H groups in total. The Hall–Kier alpha value is -2.80. The van der Waals surface area contributed by atoms with Crippen molar-refractivity contribution in [2.45, 2.75) is 38.4 Å². The Morgan fingerprint density at radius 1 is 1.10 bits per heavy atom. The van der Waals surface area contributed by atoms with Gasteiger partial charge in [0.05, 0.1) is 23.3 Å². The second-order valence-corrected chi connectivity index (χ2v) is 9.50. The average molecular weight is 434 g/mol. The Kier molecular flexibility index (Phi) is 5.44. The maximum absolute atomic E-state index is 12.8. The lowest BCUT2D eigenvalue weighted by atomic mass is 10.0. The summed E-state index contributed by atoms with van der Waals surface area (Å²) in [5, 5.41) is 9.71. The lowest BCUT2D eigenvalue weighted by Crippen LogP contribution is -2.40. The molecule has 7 heteroatoms. The van der Waals surface area contributed by atoms with Gasteiger partial charge >= 0.3 is 0 Å². The van der Waals surface area contributed by atoms with Crippen molar-refractivity contribution in [1.29, 1.82) is 0 Å². The highest BCUT2D eigenvalue weighted by Gasteiger charge is 2.23. The number of piperidine rings is 1. The predicted molar refractivity (Wildman–Crippen MR) is 124 cm³/mol. The number of rotatable bonds is 5. The number of aryl methyl sites for hydroxylation is 1. The Morgan fingerprint density at radius 3 is 2.65 bits per heavy atom. The number of thioether (sulfide) groups is 1. The van der Waals surface area contributed by atoms with E-state index in [4.69, 9.17) is 0 Å². The molecule has 0 spiro atoms. The van der Waals surface area contributed by atoms with Gasteiger partial charge in [0.25, 0.3) is 0 Å². The molecule has 6 nitrogen and oxygen atoms in total. The van der Waals surface area contributed by atoms with Crippen LogP contribution >= 0.6 is 11.8 Å². The molecule has 5 rings (SSSR count). The second-order valence-electron chi connectivity index (χ2n) is 8.55. The second kappa shape index (κ2) is 8.38. The van der Waals surface area contributed by atoms with Gasteiger partial charge in [-0.15, -0.1) is 10.2 Å². The topological polar surface area (TPSA) is 55.4 Å². The summed E-state index contributed by atoms with van der Waals surface area (Å²) < 4.78 is 4.28. The van der Waals surface area contributed by atoms with Gasteiger partial charge in [-0.05, 0) is 43.4 Å². The summed E-state index contributed by atoms with van der Waals surface area (Å²) in [4.78, 5) is 14.8. The number of hydrogen-bond acceptors (Lipinski definition) is 4. The number of amides is 1. The maximum Gasteiger partial charge on any atom is 0.237 e. The molecule has 1 unspecified atom stereocenters. The van der Waals surface area contributed by atoms with Crippen molar-refractivity contribution in [2.24, 2.45) is 5.92 Å². The summed E-state index contributed by atoms with van der Waals surface area (Å²) in [7, 11) is 0. The summed E-state index contributed by atoms with van der Waals surface area (Å²) in [5.41, 5.74) is 4.66. The van der Waals surface area contributed by atoms with Crippen LogP contribution in [0.3, 0.4) is 0 Å². The number of likely N-dealkylation sites (tertiary alicyclic amines) is 1. The van der Waals surface area contributed by atoms with E-state index < -0.39 is 0 Å². The molecule has 1 aliphatic rings. The standard InChI is InChI=1S/C24H27N5OS/c1-17-9-11-19(12-10-17)15-28-20-7-3-4-8-21(20)29-23(28)25-26-24(29)31-16-22(30)27-13-5-6-18(2)14-27/h3-4,7-12,18H,5-6,13-16H2,1-2H3. The van der Waals surface area contributed by atoms with E-state index in [9.17, 15) is 4.79 Å². The maximum atomic E-state index is 12.8. The molecule has 1 amide bonds. The van der Waals surface area contributed by atoms with Crippen LogP contribution in [0, 0.1) is 12.8 Å². The SMILES string of the molecule is Cc1ccc(Cn2c3ccccc3n3c(SCC(=O)N4CCCC(C)C4)nnc23)cc1. The number of benzene rings is 2. The fourth-order valence-corrected chi connectivity index (χ4v) is 5.24. The van der Waals surface area contributed by atoms with Crippen LogP contribution in [0.15, 0.2) is 53.7 Å². The lowest BCUT2D eigenvalue weighted by Gasteiger charge is -2.30. The van der Waals surface area contributed by atoms with Crippen molar-refractivity contribution < 1.29 is 4.79 Å². The van der Waals surface area contributed by atoms with E-state index in [1.807, 2.05) is 11.0 Å². The van der Waals surface area contributed by atoms with Crippen molar-refractivity contribution in [3.63, 3.8) is 0 Å². The molecule has 0 saturated carbocycles. The van der Waals surface area contributed by atoms with Crippen LogP contribution in [0.1, 0.15) is 30.9 Å². The van der Waals surface area contributed by atoms with Gasteiger partial charge in [0, 0.05) is 13.1 Å². The highest BCUT2D eigenvalue weighted by molar-refractivity contribution is 7.99. The number of carbonyl (C=O) groups excluding carboxylic acids is 1. The highest BCUT2D eigenvalue weighted by Crippen LogP contribution is 2.27. The minimum absolute atomic E-state index is 0.191. The van der Waals surface area contributed by atoms with Crippen molar-refractivity contribution in [3.8, 4) is 0 Å². The average Bonchev–Trinajstić information content (AvgIpc) is 3.33. The van der Waals surface area contributed by atoms with E-state index in [0.29, 0.717) is 11.7 Å². The lowest BCUT2D eigenvalue weighted by molar-refractivity contribution is -0.130. The first kappa shape index (κ1) is 20.1. The molecule has 0 aliphatic carbocycles. The van der Waals surface area contributed by atoms with Crippen LogP contribution in [-0.2, 0) is 11.3 Å². The number of nitrogens with zero attached hydrogens (tertiary/aromatic N) is 5. The van der Waals surface area contributed by atoms with Gasteiger partial charge in [-0.2, -0.15) is 0 Å². The van der Waals surface area contributed by atoms with E-state index in [2.05, 4.69) is 75.5 Å². The molecule has 4 aromatic rings. The summed E-state index contributed by atoms with van der Waals surface area (Å²) in [6.45, 7) is 6.78. The van der Waals surface area contributed by atoms with Crippen molar-refractivity contribution >= 4 is 34.5 Å². The van der Waals surface area contributed by atoms with Crippen molar-refractivity contribution in [1.82, 2.24) is 24.1 Å². The molecular weight excluding hydrogens is 406 g/mol. The molecule has 0 bridgehead atoms. The number of para-hydroxylation sites is 2. The normalized spacial score (nSPS) is 17.0. The molecule has 160 valence electrons. The van der Waals surface area contributed by atoms with Gasteiger partial charge in [-0.1, -0.05) is 60.6 Å². The minimum Gasteiger partial charge on any atom is -0.342 e. The third kappa shape index (κ3) is 3.94. The molecule has 3 heterocycles. The van der Waals surface area contributed by atoms with Gasteiger partial charge in [-0.3, -0.25) is 9.20 Å². The van der Waals surface area contributed by atoms with Gasteiger partial charge in [0.1, 0.15) is 0 Å². The zero-order valence-electron chi connectivity index (χ0n) is 18.0. The number of fused-ring (bicyclic) bond motifs is 3. The molecular formula is C24H27N5OS. The highest BCUT2D eigenvalue weighted by atomic mass is 32.2. The molecule has 2 aromatic carbocycles. The van der Waals surface area contributed by atoms with E-state index in [1.54, 1.807) is 0 Å². The minimum atomic E-state index is 0.191. The Balaban J connectivity index is 1.44. The molecule has 0 radical (unpaired) electrons. The van der Waals surface area contributed by atoms with Gasteiger partial charge in [0.2, 0.25) is 11.7 Å².